The summed E-state index contributed by atoms with van der Waals surface area (Å²) in [5.74, 6) is -0.571. The van der Waals surface area contributed by atoms with Gasteiger partial charge in [-0.05, 0) is 36.4 Å². The van der Waals surface area contributed by atoms with Crippen molar-refractivity contribution in [2.45, 2.75) is 0 Å². The van der Waals surface area contributed by atoms with Gasteiger partial charge in [0, 0.05) is 20.2 Å². The van der Waals surface area contributed by atoms with E-state index in [1.54, 1.807) is 23.5 Å². The Balaban J connectivity index is 2.55. The lowest BCUT2D eigenvalue weighted by molar-refractivity contribution is 0.628. The second-order valence-electron chi connectivity index (χ2n) is 3.38. The molecule has 0 radical (unpaired) electrons. The minimum atomic E-state index is -0.286. The molecule has 0 saturated carbocycles. The van der Waals surface area contributed by atoms with E-state index < -0.39 is 0 Å². The number of hydrogen-bond acceptors (Lipinski definition) is 1. The first kappa shape index (κ1) is 8.80. The van der Waals surface area contributed by atoms with E-state index in [0.717, 1.165) is 20.2 Å². The van der Waals surface area contributed by atoms with Crippen molar-refractivity contribution in [2.75, 3.05) is 0 Å². The standard InChI is InChI=1S/C12H6F2S/c13-7-1-3-11-9(5-7)10-6-8(14)2-4-12(10)15-11/h1-6H. The summed E-state index contributed by atoms with van der Waals surface area (Å²) in [6, 6.07) is 9.21. The van der Waals surface area contributed by atoms with E-state index in [4.69, 9.17) is 0 Å². The first-order chi connectivity index (χ1) is 7.24. The third-order valence-corrected chi connectivity index (χ3v) is 3.55. The minimum absolute atomic E-state index is 0.286. The second-order valence-corrected chi connectivity index (χ2v) is 4.47. The molecule has 3 aromatic rings. The predicted octanol–water partition coefficient (Wildman–Crippen LogP) is 4.33. The summed E-state index contributed by atoms with van der Waals surface area (Å²) in [6.07, 6.45) is 0. The highest BCUT2D eigenvalue weighted by atomic mass is 32.1. The summed E-state index contributed by atoms with van der Waals surface area (Å²) >= 11 is 1.55. The topological polar surface area (TPSA) is 0 Å². The Morgan fingerprint density at radius 2 is 1.20 bits per heavy atom. The lowest BCUT2D eigenvalue weighted by Crippen LogP contribution is -1.73. The van der Waals surface area contributed by atoms with Crippen LogP contribution in [0.1, 0.15) is 0 Å². The smallest absolute Gasteiger partial charge is 0.123 e. The van der Waals surface area contributed by atoms with Crippen molar-refractivity contribution in [1.82, 2.24) is 0 Å². The molecule has 0 fully saturated rings. The molecule has 1 heterocycles. The van der Waals surface area contributed by atoms with Gasteiger partial charge in [0.15, 0.2) is 0 Å². The van der Waals surface area contributed by atoms with Crippen LogP contribution in [0.5, 0.6) is 0 Å². The fourth-order valence-corrected chi connectivity index (χ4v) is 2.79. The van der Waals surface area contributed by atoms with Gasteiger partial charge >= 0.3 is 0 Å². The van der Waals surface area contributed by atoms with E-state index in [9.17, 15) is 8.78 Å². The number of hydrogen-bond donors (Lipinski definition) is 0. The molecule has 3 heteroatoms. The molecule has 0 aliphatic carbocycles. The van der Waals surface area contributed by atoms with Gasteiger partial charge in [0.05, 0.1) is 0 Å². The summed E-state index contributed by atoms with van der Waals surface area (Å²) < 4.78 is 28.1. The van der Waals surface area contributed by atoms with Crippen LogP contribution in [0.15, 0.2) is 36.4 Å². The second kappa shape index (κ2) is 3.00. The molecular weight excluding hydrogens is 214 g/mol. The molecular formula is C12H6F2S. The average molecular weight is 220 g/mol. The Bertz CT molecular complexity index is 599. The van der Waals surface area contributed by atoms with E-state index in [-0.39, 0.29) is 11.6 Å². The number of fused-ring (bicyclic) bond motifs is 3. The van der Waals surface area contributed by atoms with Crippen LogP contribution in [0.3, 0.4) is 0 Å². The molecule has 15 heavy (non-hydrogen) atoms. The van der Waals surface area contributed by atoms with Gasteiger partial charge in [0.25, 0.3) is 0 Å². The minimum Gasteiger partial charge on any atom is -0.207 e. The van der Waals surface area contributed by atoms with Crippen LogP contribution >= 0.6 is 11.3 Å². The van der Waals surface area contributed by atoms with Crippen molar-refractivity contribution in [3.05, 3.63) is 48.0 Å². The van der Waals surface area contributed by atoms with Gasteiger partial charge in [-0.2, -0.15) is 0 Å². The summed E-state index contributed by atoms with van der Waals surface area (Å²) in [5.41, 5.74) is 0. The SMILES string of the molecule is Fc1ccc2sc3ccc(F)cc3c2c1. The van der Waals surface area contributed by atoms with Gasteiger partial charge in [-0.3, -0.25) is 0 Å². The predicted molar refractivity (Wildman–Crippen MR) is 59.2 cm³/mol. The Hall–Kier alpha value is -1.48. The summed E-state index contributed by atoms with van der Waals surface area (Å²) in [6.45, 7) is 0. The van der Waals surface area contributed by atoms with Crippen LogP contribution in [0.4, 0.5) is 8.78 Å². The highest BCUT2D eigenvalue weighted by Crippen LogP contribution is 2.34. The molecule has 0 aliphatic heterocycles. The van der Waals surface area contributed by atoms with Crippen LogP contribution < -0.4 is 0 Å². The Morgan fingerprint density at radius 1 is 0.733 bits per heavy atom. The van der Waals surface area contributed by atoms with Gasteiger partial charge in [0.1, 0.15) is 11.6 Å². The molecule has 0 saturated heterocycles. The maximum atomic E-state index is 13.1. The molecule has 3 rings (SSSR count). The third kappa shape index (κ3) is 1.31. The quantitative estimate of drug-likeness (QED) is 0.529. The molecule has 0 spiro atoms. The molecule has 0 unspecified atom stereocenters. The van der Waals surface area contributed by atoms with E-state index in [0.29, 0.717) is 0 Å². The van der Waals surface area contributed by atoms with Gasteiger partial charge in [-0.1, -0.05) is 0 Å². The first-order valence-corrected chi connectivity index (χ1v) is 5.33. The van der Waals surface area contributed by atoms with E-state index in [1.807, 2.05) is 0 Å². The molecule has 0 atom stereocenters. The van der Waals surface area contributed by atoms with Crippen LogP contribution in [0, 0.1) is 11.6 Å². The first-order valence-electron chi connectivity index (χ1n) is 4.51. The van der Waals surface area contributed by atoms with E-state index in [1.165, 1.54) is 24.3 Å². The number of thiophene rings is 1. The number of rotatable bonds is 0. The molecule has 74 valence electrons. The van der Waals surface area contributed by atoms with E-state index >= 15 is 0 Å². The molecule has 0 bridgehead atoms. The van der Waals surface area contributed by atoms with Crippen molar-refractivity contribution in [2.24, 2.45) is 0 Å². The molecule has 1 aromatic heterocycles. The fourth-order valence-electron chi connectivity index (χ4n) is 1.72. The van der Waals surface area contributed by atoms with Crippen LogP contribution in [0.25, 0.3) is 20.2 Å². The Kier molecular flexibility index (Phi) is 1.76. The van der Waals surface area contributed by atoms with Crippen LogP contribution in [-0.2, 0) is 0 Å². The lowest BCUT2D eigenvalue weighted by Gasteiger charge is -1.92. The van der Waals surface area contributed by atoms with Crippen LogP contribution in [0.2, 0.25) is 0 Å². The zero-order chi connectivity index (χ0) is 10.4. The molecule has 0 amide bonds. The molecule has 0 aliphatic rings. The normalized spacial score (nSPS) is 11.3. The van der Waals surface area contributed by atoms with Gasteiger partial charge < -0.3 is 0 Å². The van der Waals surface area contributed by atoms with Crippen LogP contribution in [-0.4, -0.2) is 0 Å². The monoisotopic (exact) mass is 220 g/mol. The van der Waals surface area contributed by atoms with Gasteiger partial charge in [-0.15, -0.1) is 11.3 Å². The van der Waals surface area contributed by atoms with Crippen molar-refractivity contribution < 1.29 is 8.78 Å². The van der Waals surface area contributed by atoms with Gasteiger partial charge in [0.2, 0.25) is 0 Å². The molecule has 0 N–H and O–H groups in total. The maximum Gasteiger partial charge on any atom is 0.123 e. The largest absolute Gasteiger partial charge is 0.207 e. The maximum absolute atomic E-state index is 13.1. The zero-order valence-corrected chi connectivity index (χ0v) is 8.44. The van der Waals surface area contributed by atoms with E-state index in [2.05, 4.69) is 0 Å². The number of benzene rings is 2. The highest BCUT2D eigenvalue weighted by molar-refractivity contribution is 7.25. The Morgan fingerprint density at radius 3 is 1.67 bits per heavy atom. The lowest BCUT2D eigenvalue weighted by atomic mass is 10.1. The Labute approximate surface area is 88.8 Å². The summed E-state index contributed by atoms with van der Waals surface area (Å²) in [4.78, 5) is 0. The summed E-state index contributed by atoms with van der Waals surface area (Å²) in [7, 11) is 0. The summed E-state index contributed by atoms with van der Waals surface area (Å²) in [5, 5.41) is 1.57. The zero-order valence-electron chi connectivity index (χ0n) is 7.63. The number of halogens is 2. The van der Waals surface area contributed by atoms with Gasteiger partial charge in [-0.25, -0.2) is 8.78 Å². The van der Waals surface area contributed by atoms with Crippen molar-refractivity contribution in [1.29, 1.82) is 0 Å². The van der Waals surface area contributed by atoms with Crippen molar-refractivity contribution in [3.8, 4) is 0 Å². The van der Waals surface area contributed by atoms with Crippen molar-refractivity contribution in [3.63, 3.8) is 0 Å². The molecule has 0 nitrogen and oxygen atoms in total. The fraction of sp³-hybridized carbons (Fsp3) is 0. The van der Waals surface area contributed by atoms with Crippen molar-refractivity contribution >= 4 is 31.5 Å². The highest BCUT2D eigenvalue weighted by Gasteiger charge is 2.06. The third-order valence-electron chi connectivity index (χ3n) is 2.39. The molecule has 2 aromatic carbocycles. The average Bonchev–Trinajstić information content (AvgIpc) is 2.56.